The Bertz CT molecular complexity index is 1460. The monoisotopic (exact) mass is 1020 g/mol. The van der Waals surface area contributed by atoms with Crippen molar-refractivity contribution in [1.82, 2.24) is 5.32 Å². The number of ether oxygens (including phenoxy) is 2. The lowest BCUT2D eigenvalue weighted by Gasteiger charge is -2.40. The number of allylic oxidation sites excluding steroid dienone is 15. The number of aliphatic hydroxyl groups excluding tert-OH is 5. The van der Waals surface area contributed by atoms with Crippen LogP contribution in [0.25, 0.3) is 0 Å². The average molecular weight is 1020 g/mol. The van der Waals surface area contributed by atoms with E-state index in [0.29, 0.717) is 12.8 Å². The van der Waals surface area contributed by atoms with E-state index in [2.05, 4.69) is 104 Å². The largest absolute Gasteiger partial charge is 0.394 e. The average Bonchev–Trinajstić information content (AvgIpc) is 3.39. The van der Waals surface area contributed by atoms with Gasteiger partial charge >= 0.3 is 0 Å². The molecule has 1 aliphatic rings. The molecule has 9 nitrogen and oxygen atoms in total. The van der Waals surface area contributed by atoms with Crippen molar-refractivity contribution < 1.29 is 39.8 Å². The van der Waals surface area contributed by atoms with Crippen LogP contribution in [0.15, 0.2) is 97.2 Å². The number of hydrogen-bond donors (Lipinski definition) is 6. The second-order valence-corrected chi connectivity index (χ2v) is 20.4. The minimum atomic E-state index is -1.58. The fourth-order valence-corrected chi connectivity index (χ4v) is 8.96. The van der Waals surface area contributed by atoms with E-state index >= 15 is 0 Å². The van der Waals surface area contributed by atoms with Gasteiger partial charge in [0, 0.05) is 6.42 Å². The summed E-state index contributed by atoms with van der Waals surface area (Å²) in [6.07, 6.45) is 69.0. The minimum Gasteiger partial charge on any atom is -0.394 e. The molecule has 73 heavy (non-hydrogen) atoms. The molecule has 1 saturated heterocycles. The maximum Gasteiger partial charge on any atom is 0.220 e. The van der Waals surface area contributed by atoms with E-state index in [1.807, 2.05) is 6.08 Å². The van der Waals surface area contributed by atoms with Crippen LogP contribution in [0.2, 0.25) is 0 Å². The van der Waals surface area contributed by atoms with E-state index in [1.165, 1.54) is 135 Å². The Morgan fingerprint density at radius 3 is 1.26 bits per heavy atom. The molecule has 0 aliphatic carbocycles. The van der Waals surface area contributed by atoms with Crippen molar-refractivity contribution in [3.63, 3.8) is 0 Å². The second-order valence-electron chi connectivity index (χ2n) is 20.4. The third kappa shape index (κ3) is 42.0. The summed E-state index contributed by atoms with van der Waals surface area (Å²) in [5.41, 5.74) is 0. The summed E-state index contributed by atoms with van der Waals surface area (Å²) in [7, 11) is 0. The van der Waals surface area contributed by atoms with E-state index in [9.17, 15) is 30.3 Å². The first kappa shape index (κ1) is 68.1. The van der Waals surface area contributed by atoms with Crippen LogP contribution in [-0.2, 0) is 14.3 Å². The smallest absolute Gasteiger partial charge is 0.220 e. The quantitative estimate of drug-likeness (QED) is 0.0261. The Morgan fingerprint density at radius 1 is 0.479 bits per heavy atom. The number of carbonyl (C=O) groups excluding carboxylic acids is 1. The number of rotatable bonds is 50. The van der Waals surface area contributed by atoms with Crippen LogP contribution < -0.4 is 5.32 Å². The van der Waals surface area contributed by atoms with Crippen molar-refractivity contribution in [1.29, 1.82) is 0 Å². The third-order valence-corrected chi connectivity index (χ3v) is 13.7. The van der Waals surface area contributed by atoms with E-state index < -0.39 is 49.5 Å². The Morgan fingerprint density at radius 2 is 0.849 bits per heavy atom. The highest BCUT2D eigenvalue weighted by molar-refractivity contribution is 5.76. The minimum absolute atomic E-state index is 0.207. The van der Waals surface area contributed by atoms with Crippen molar-refractivity contribution in [2.75, 3.05) is 13.2 Å². The summed E-state index contributed by atoms with van der Waals surface area (Å²) in [6, 6.07) is -0.831. The molecule has 0 saturated carbocycles. The van der Waals surface area contributed by atoms with Crippen molar-refractivity contribution in [2.24, 2.45) is 0 Å². The number of nitrogens with one attached hydrogen (secondary N) is 1. The van der Waals surface area contributed by atoms with Crippen molar-refractivity contribution >= 4 is 5.91 Å². The molecule has 1 rings (SSSR count). The predicted octanol–water partition coefficient (Wildman–Crippen LogP) is 15.2. The summed E-state index contributed by atoms with van der Waals surface area (Å²) in [6.45, 7) is 3.66. The van der Waals surface area contributed by atoms with E-state index in [0.717, 1.165) is 83.5 Å². The van der Waals surface area contributed by atoms with Gasteiger partial charge in [0.2, 0.25) is 5.91 Å². The molecule has 0 aromatic heterocycles. The lowest BCUT2D eigenvalue weighted by Crippen LogP contribution is -2.60. The first-order chi connectivity index (χ1) is 35.8. The predicted molar refractivity (Wildman–Crippen MR) is 308 cm³/mol. The first-order valence-corrected chi connectivity index (χ1v) is 30.0. The number of unbranched alkanes of at least 4 members (excludes halogenated alkanes) is 26. The van der Waals surface area contributed by atoms with Gasteiger partial charge in [0.15, 0.2) is 6.29 Å². The molecule has 7 atom stereocenters. The molecule has 0 spiro atoms. The Hall–Kier alpha value is -2.89. The lowest BCUT2D eigenvalue weighted by atomic mass is 9.99. The van der Waals surface area contributed by atoms with Crippen LogP contribution in [0, 0.1) is 0 Å². The molecule has 7 unspecified atom stereocenters. The Kier molecular flexibility index (Phi) is 49.0. The molecule has 0 aromatic carbocycles. The van der Waals surface area contributed by atoms with Crippen LogP contribution in [0.3, 0.4) is 0 Å². The molecule has 420 valence electrons. The molecule has 1 heterocycles. The van der Waals surface area contributed by atoms with Crippen molar-refractivity contribution in [3.8, 4) is 0 Å². The highest BCUT2D eigenvalue weighted by atomic mass is 16.7. The number of amides is 1. The molecule has 0 aromatic rings. The number of carbonyl (C=O) groups is 1. The highest BCUT2D eigenvalue weighted by Crippen LogP contribution is 2.23. The third-order valence-electron chi connectivity index (χ3n) is 13.7. The zero-order chi connectivity index (χ0) is 52.9. The maximum absolute atomic E-state index is 13.1. The molecular formula is C64H111NO8. The number of aliphatic hydroxyl groups is 5. The van der Waals surface area contributed by atoms with Crippen LogP contribution in [0.5, 0.6) is 0 Å². The van der Waals surface area contributed by atoms with Crippen molar-refractivity contribution in [3.05, 3.63) is 97.2 Å². The normalized spacial score (nSPS) is 19.8. The van der Waals surface area contributed by atoms with Crippen LogP contribution in [-0.4, -0.2) is 87.5 Å². The molecule has 6 N–H and O–H groups in total. The summed E-state index contributed by atoms with van der Waals surface area (Å²) in [4.78, 5) is 13.1. The van der Waals surface area contributed by atoms with Crippen molar-refractivity contribution in [2.45, 2.75) is 288 Å². The second kappa shape index (κ2) is 52.5. The molecule has 9 heteroatoms. The summed E-state index contributed by atoms with van der Waals surface area (Å²) < 4.78 is 11.3. The summed E-state index contributed by atoms with van der Waals surface area (Å²) >= 11 is 0. The van der Waals surface area contributed by atoms with Crippen LogP contribution in [0.4, 0.5) is 0 Å². The summed E-state index contributed by atoms with van der Waals surface area (Å²) in [5, 5.41) is 54.6. The molecule has 1 fully saturated rings. The zero-order valence-corrected chi connectivity index (χ0v) is 46.6. The molecule has 0 radical (unpaired) electrons. The van der Waals surface area contributed by atoms with E-state index in [-0.39, 0.29) is 12.5 Å². The van der Waals surface area contributed by atoms with Gasteiger partial charge in [0.25, 0.3) is 0 Å². The standard InChI is InChI=1S/C64H111NO8/c1-3-5-7-9-11-13-15-17-19-21-23-25-27-29-31-33-35-37-39-41-43-45-47-49-51-53-58(67)57(56-72-64-63(71)62(70)61(69)59(55-66)73-64)65-60(68)54-52-50-48-46-44-42-40-38-36-34-32-30-28-26-24-22-20-18-16-14-12-10-8-6-4-2/h6,8,12,14,18,20,24,26,30,32,36,38,42,44,51,53,57-59,61-64,66-67,69-71H,3-5,7,9-11,13,15-17,19,21-23,25,27-29,31,33-35,37,39-41,43,45-50,52,54-56H2,1-2H3,(H,65,68)/b8-6-,14-12-,20-18-,26-24-,32-30-,38-36-,44-42-,53-51+. The Labute approximate surface area is 447 Å². The van der Waals surface area contributed by atoms with Gasteiger partial charge in [-0.25, -0.2) is 0 Å². The lowest BCUT2D eigenvalue weighted by molar-refractivity contribution is -0.302. The highest BCUT2D eigenvalue weighted by Gasteiger charge is 2.44. The molecule has 1 aliphatic heterocycles. The van der Waals surface area contributed by atoms with Crippen LogP contribution >= 0.6 is 0 Å². The first-order valence-electron chi connectivity index (χ1n) is 30.0. The van der Waals surface area contributed by atoms with Gasteiger partial charge in [-0.2, -0.15) is 0 Å². The van der Waals surface area contributed by atoms with Gasteiger partial charge < -0.3 is 40.3 Å². The fraction of sp³-hybridized carbons (Fsp3) is 0.734. The van der Waals surface area contributed by atoms with Gasteiger partial charge in [-0.15, -0.1) is 0 Å². The maximum atomic E-state index is 13.1. The fourth-order valence-electron chi connectivity index (χ4n) is 8.96. The molecule has 0 bridgehead atoms. The molecule has 1 amide bonds. The molecular weight excluding hydrogens is 911 g/mol. The van der Waals surface area contributed by atoms with Crippen LogP contribution in [0.1, 0.15) is 245 Å². The zero-order valence-electron chi connectivity index (χ0n) is 46.6. The number of hydrogen-bond acceptors (Lipinski definition) is 8. The van der Waals surface area contributed by atoms with Gasteiger partial charge in [0.1, 0.15) is 24.4 Å². The SMILES string of the molecule is CC/C=C\C/C=C\C/C=C\C/C=C\C/C=C\C/C=C\C/C=C\CCCCCC(=O)NC(COC1OC(CO)C(O)C(O)C1O)C(O)/C=C/CCCCCCCCCCCCCCCCCCCCCCCCC. The van der Waals surface area contributed by atoms with E-state index in [1.54, 1.807) is 6.08 Å². The topological polar surface area (TPSA) is 149 Å². The van der Waals surface area contributed by atoms with Gasteiger partial charge in [0.05, 0.1) is 25.4 Å². The summed E-state index contributed by atoms with van der Waals surface area (Å²) in [5.74, 6) is -0.210. The van der Waals surface area contributed by atoms with E-state index in [4.69, 9.17) is 9.47 Å². The van der Waals surface area contributed by atoms with Gasteiger partial charge in [-0.3, -0.25) is 4.79 Å². The van der Waals surface area contributed by atoms with Gasteiger partial charge in [-0.1, -0.05) is 259 Å². The Balaban J connectivity index is 2.27. The van der Waals surface area contributed by atoms with Gasteiger partial charge in [-0.05, 0) is 77.0 Å².